The first-order chi connectivity index (χ1) is 16.1. The molecule has 0 saturated carbocycles. The Balaban J connectivity index is 1.40. The zero-order chi connectivity index (χ0) is 23.0. The van der Waals surface area contributed by atoms with Gasteiger partial charge in [-0.25, -0.2) is 14.8 Å². The van der Waals surface area contributed by atoms with E-state index in [2.05, 4.69) is 27.0 Å². The summed E-state index contributed by atoms with van der Waals surface area (Å²) in [7, 11) is 0. The first-order valence-corrected chi connectivity index (χ1v) is 11.0. The molecular weight excluding hydrogens is 416 g/mol. The van der Waals surface area contributed by atoms with Gasteiger partial charge in [-0.15, -0.1) is 0 Å². The molecule has 1 amide bonds. The summed E-state index contributed by atoms with van der Waals surface area (Å²) in [5.74, 6) is 0.393. The van der Waals surface area contributed by atoms with Crippen LogP contribution in [0.25, 0.3) is 11.2 Å². The number of ether oxygens (including phenoxy) is 1. The Morgan fingerprint density at radius 3 is 2.70 bits per heavy atom. The van der Waals surface area contributed by atoms with Gasteiger partial charge >= 0.3 is 5.97 Å². The molecule has 2 aromatic heterocycles. The van der Waals surface area contributed by atoms with Crippen molar-refractivity contribution in [2.24, 2.45) is 0 Å². The quantitative estimate of drug-likeness (QED) is 0.382. The van der Waals surface area contributed by atoms with E-state index < -0.39 is 5.97 Å². The number of amides is 1. The van der Waals surface area contributed by atoms with E-state index in [0.717, 1.165) is 17.0 Å². The van der Waals surface area contributed by atoms with E-state index >= 15 is 0 Å². The average Bonchev–Trinajstić information content (AvgIpc) is 3.17. The minimum atomic E-state index is -0.403. The lowest BCUT2D eigenvalue weighted by Gasteiger charge is -2.10. The van der Waals surface area contributed by atoms with E-state index in [9.17, 15) is 9.59 Å². The van der Waals surface area contributed by atoms with Crippen molar-refractivity contribution in [1.82, 2.24) is 14.5 Å². The molecule has 7 nitrogen and oxygen atoms in total. The van der Waals surface area contributed by atoms with E-state index in [1.54, 1.807) is 37.4 Å². The SMILES string of the molecule is CCOC(=O)c1cccc(NC(=O)CCCc2nc3cccnc3n2Cc2ccccc2)c1. The molecule has 168 valence electrons. The number of aromatic nitrogens is 3. The van der Waals surface area contributed by atoms with Crippen molar-refractivity contribution in [3.8, 4) is 0 Å². The van der Waals surface area contributed by atoms with Crippen LogP contribution in [-0.4, -0.2) is 33.0 Å². The third-order valence-corrected chi connectivity index (χ3v) is 5.23. The Kier molecular flexibility index (Phi) is 7.09. The van der Waals surface area contributed by atoms with Gasteiger partial charge in [-0.05, 0) is 49.2 Å². The highest BCUT2D eigenvalue weighted by Crippen LogP contribution is 2.18. The van der Waals surface area contributed by atoms with Crippen molar-refractivity contribution < 1.29 is 14.3 Å². The first kappa shape index (κ1) is 22.2. The molecule has 0 bridgehead atoms. The average molecular weight is 443 g/mol. The zero-order valence-corrected chi connectivity index (χ0v) is 18.5. The van der Waals surface area contributed by atoms with Crippen LogP contribution in [-0.2, 0) is 22.5 Å². The van der Waals surface area contributed by atoms with Gasteiger partial charge in [0, 0.05) is 24.7 Å². The number of hydrogen-bond donors (Lipinski definition) is 1. The third-order valence-electron chi connectivity index (χ3n) is 5.23. The number of imidazole rings is 1. The minimum absolute atomic E-state index is 0.111. The van der Waals surface area contributed by atoms with E-state index in [1.165, 1.54) is 5.56 Å². The lowest BCUT2D eigenvalue weighted by atomic mass is 10.2. The second kappa shape index (κ2) is 10.5. The van der Waals surface area contributed by atoms with E-state index in [1.807, 2.05) is 30.3 Å². The molecule has 4 aromatic rings. The number of esters is 1. The summed E-state index contributed by atoms with van der Waals surface area (Å²) in [5, 5.41) is 2.86. The summed E-state index contributed by atoms with van der Waals surface area (Å²) < 4.78 is 7.13. The Hall–Kier alpha value is -4.00. The molecule has 33 heavy (non-hydrogen) atoms. The molecule has 0 aliphatic carbocycles. The number of fused-ring (bicyclic) bond motifs is 1. The van der Waals surface area contributed by atoms with Crippen LogP contribution in [0, 0.1) is 0 Å². The van der Waals surface area contributed by atoms with Gasteiger partial charge in [0.25, 0.3) is 0 Å². The molecule has 4 rings (SSSR count). The Morgan fingerprint density at radius 2 is 1.88 bits per heavy atom. The first-order valence-electron chi connectivity index (χ1n) is 11.0. The molecule has 1 N–H and O–H groups in total. The largest absolute Gasteiger partial charge is 0.462 e. The minimum Gasteiger partial charge on any atom is -0.462 e. The fraction of sp³-hybridized carbons (Fsp3) is 0.231. The van der Waals surface area contributed by atoms with E-state index in [0.29, 0.717) is 43.7 Å². The van der Waals surface area contributed by atoms with Crippen molar-refractivity contribution in [2.75, 3.05) is 11.9 Å². The topological polar surface area (TPSA) is 86.1 Å². The van der Waals surface area contributed by atoms with Crippen molar-refractivity contribution in [2.45, 2.75) is 32.7 Å². The smallest absolute Gasteiger partial charge is 0.338 e. The molecule has 0 spiro atoms. The zero-order valence-electron chi connectivity index (χ0n) is 18.5. The fourth-order valence-corrected chi connectivity index (χ4v) is 3.70. The Labute approximate surface area is 192 Å². The second-order valence-corrected chi connectivity index (χ2v) is 7.65. The van der Waals surface area contributed by atoms with Crippen molar-refractivity contribution >= 4 is 28.7 Å². The maximum absolute atomic E-state index is 12.5. The van der Waals surface area contributed by atoms with Crippen LogP contribution in [0.4, 0.5) is 5.69 Å². The number of carbonyl (C=O) groups excluding carboxylic acids is 2. The Morgan fingerprint density at radius 1 is 1.03 bits per heavy atom. The predicted molar refractivity (Wildman–Crippen MR) is 127 cm³/mol. The lowest BCUT2D eigenvalue weighted by molar-refractivity contribution is -0.116. The highest BCUT2D eigenvalue weighted by atomic mass is 16.5. The molecular formula is C26H26N4O3. The normalized spacial score (nSPS) is 10.8. The summed E-state index contributed by atoms with van der Waals surface area (Å²) in [4.78, 5) is 33.7. The number of rotatable bonds is 9. The number of nitrogens with one attached hydrogen (secondary N) is 1. The number of carbonyl (C=O) groups is 2. The van der Waals surface area contributed by atoms with Gasteiger partial charge in [0.2, 0.25) is 5.91 Å². The molecule has 2 aromatic carbocycles. The summed E-state index contributed by atoms with van der Waals surface area (Å²) in [6.45, 7) is 2.74. The van der Waals surface area contributed by atoms with E-state index in [4.69, 9.17) is 9.72 Å². The van der Waals surface area contributed by atoms with Gasteiger partial charge in [0.15, 0.2) is 5.65 Å². The monoisotopic (exact) mass is 442 g/mol. The predicted octanol–water partition coefficient (Wildman–Crippen LogP) is 4.62. The maximum atomic E-state index is 12.5. The highest BCUT2D eigenvalue weighted by molar-refractivity contribution is 5.94. The van der Waals surface area contributed by atoms with Crippen LogP contribution in [0.3, 0.4) is 0 Å². The molecule has 0 unspecified atom stereocenters. The second-order valence-electron chi connectivity index (χ2n) is 7.65. The highest BCUT2D eigenvalue weighted by Gasteiger charge is 2.13. The number of aryl methyl sites for hydroxylation is 1. The van der Waals surface area contributed by atoms with Crippen LogP contribution in [0.15, 0.2) is 72.9 Å². The van der Waals surface area contributed by atoms with Gasteiger partial charge < -0.3 is 14.6 Å². The molecule has 0 aliphatic heterocycles. The third kappa shape index (κ3) is 5.63. The van der Waals surface area contributed by atoms with Crippen LogP contribution in [0.2, 0.25) is 0 Å². The molecule has 0 atom stereocenters. The molecule has 7 heteroatoms. The summed E-state index contributed by atoms with van der Waals surface area (Å²) in [6, 6.07) is 20.8. The number of nitrogens with zero attached hydrogens (tertiary/aromatic N) is 3. The van der Waals surface area contributed by atoms with Gasteiger partial charge in [-0.2, -0.15) is 0 Å². The number of hydrogen-bond acceptors (Lipinski definition) is 5. The van der Waals surface area contributed by atoms with Gasteiger partial charge in [-0.1, -0.05) is 36.4 Å². The molecule has 0 radical (unpaired) electrons. The lowest BCUT2D eigenvalue weighted by Crippen LogP contribution is -2.13. The number of pyridine rings is 1. The summed E-state index contributed by atoms with van der Waals surface area (Å²) >= 11 is 0. The van der Waals surface area contributed by atoms with Crippen LogP contribution in [0.1, 0.15) is 41.5 Å². The standard InChI is InChI=1S/C26H26N4O3/c1-2-33-26(32)20-11-6-12-21(17-20)28-24(31)15-7-14-23-29-22-13-8-16-27-25(22)30(23)18-19-9-4-3-5-10-19/h3-6,8-13,16-17H,2,7,14-15,18H2,1H3,(H,28,31). The number of benzene rings is 2. The van der Waals surface area contributed by atoms with Crippen molar-refractivity contribution in [3.05, 3.63) is 89.9 Å². The fourth-order valence-electron chi connectivity index (χ4n) is 3.70. The van der Waals surface area contributed by atoms with Crippen LogP contribution >= 0.6 is 0 Å². The molecule has 0 aliphatic rings. The van der Waals surface area contributed by atoms with Gasteiger partial charge in [-0.3, -0.25) is 4.79 Å². The molecule has 0 fully saturated rings. The molecule has 0 saturated heterocycles. The molecule has 2 heterocycles. The van der Waals surface area contributed by atoms with Gasteiger partial charge in [0.1, 0.15) is 11.3 Å². The summed E-state index contributed by atoms with van der Waals surface area (Å²) in [6.07, 6.45) is 3.40. The van der Waals surface area contributed by atoms with Crippen LogP contribution in [0.5, 0.6) is 0 Å². The Bertz CT molecular complexity index is 1250. The van der Waals surface area contributed by atoms with Crippen molar-refractivity contribution in [3.63, 3.8) is 0 Å². The van der Waals surface area contributed by atoms with Gasteiger partial charge in [0.05, 0.1) is 18.7 Å². The maximum Gasteiger partial charge on any atom is 0.338 e. The van der Waals surface area contributed by atoms with Crippen molar-refractivity contribution in [1.29, 1.82) is 0 Å². The number of anilines is 1. The van der Waals surface area contributed by atoms with E-state index in [-0.39, 0.29) is 5.91 Å². The summed E-state index contributed by atoms with van der Waals surface area (Å²) in [5.41, 5.74) is 3.85. The van der Waals surface area contributed by atoms with Crippen LogP contribution < -0.4 is 5.32 Å².